The van der Waals surface area contributed by atoms with Crippen molar-refractivity contribution in [3.05, 3.63) is 54.1 Å². The van der Waals surface area contributed by atoms with Gasteiger partial charge in [-0.25, -0.2) is 14.4 Å². The molecule has 138 valence electrons. The van der Waals surface area contributed by atoms with Crippen molar-refractivity contribution >= 4 is 11.9 Å². The smallest absolute Gasteiger partial charge is 0.225 e. The topological polar surface area (TPSA) is 78.4 Å². The lowest BCUT2D eigenvalue weighted by Gasteiger charge is -2.39. The minimum atomic E-state index is -1.01. The molecule has 7 heteroatoms. The second-order valence-electron chi connectivity index (χ2n) is 6.70. The fraction of sp³-hybridized carbons (Fsp3) is 0.421. The maximum Gasteiger partial charge on any atom is 0.225 e. The molecule has 2 heterocycles. The standard InChI is InChI=1S/C19H23FN4O2/c20-16-5-1-4-15(12-16)6-7-17(25)23-13-19(26)8-2-11-24(14-19)18-21-9-3-10-22-18/h1,3-5,9-10,12,26H,2,6-8,11,13-14H2,(H,23,25)/t19-/m0/s1. The van der Waals surface area contributed by atoms with Crippen molar-refractivity contribution in [1.82, 2.24) is 15.3 Å². The van der Waals surface area contributed by atoms with Gasteiger partial charge in [0.1, 0.15) is 5.82 Å². The van der Waals surface area contributed by atoms with Crippen molar-refractivity contribution in [3.8, 4) is 0 Å². The Morgan fingerprint density at radius 1 is 1.31 bits per heavy atom. The third-order valence-electron chi connectivity index (χ3n) is 4.53. The van der Waals surface area contributed by atoms with Crippen LogP contribution in [0.4, 0.5) is 10.3 Å². The number of aliphatic hydroxyl groups is 1. The Morgan fingerprint density at radius 3 is 2.88 bits per heavy atom. The summed E-state index contributed by atoms with van der Waals surface area (Å²) in [6.45, 7) is 1.33. The van der Waals surface area contributed by atoms with Crippen LogP contribution in [0.3, 0.4) is 0 Å². The van der Waals surface area contributed by atoms with Gasteiger partial charge in [-0.1, -0.05) is 12.1 Å². The number of aryl methyl sites for hydroxylation is 1. The molecule has 2 aromatic rings. The number of carbonyl (C=O) groups is 1. The van der Waals surface area contributed by atoms with Crippen molar-refractivity contribution in [3.63, 3.8) is 0 Å². The molecule has 1 aromatic heterocycles. The summed E-state index contributed by atoms with van der Waals surface area (Å²) in [4.78, 5) is 22.5. The molecule has 1 aliphatic rings. The van der Waals surface area contributed by atoms with Crippen molar-refractivity contribution < 1.29 is 14.3 Å². The zero-order valence-corrected chi connectivity index (χ0v) is 14.6. The molecule has 6 nitrogen and oxygen atoms in total. The number of hydrogen-bond donors (Lipinski definition) is 2. The Bertz CT molecular complexity index is 743. The largest absolute Gasteiger partial charge is 0.386 e. The Morgan fingerprint density at radius 2 is 2.12 bits per heavy atom. The lowest BCUT2D eigenvalue weighted by molar-refractivity contribution is -0.122. The molecule has 1 amide bonds. The lowest BCUT2D eigenvalue weighted by Crippen LogP contribution is -2.54. The van der Waals surface area contributed by atoms with Gasteiger partial charge in [0.2, 0.25) is 11.9 Å². The summed E-state index contributed by atoms with van der Waals surface area (Å²) in [5.74, 6) is 0.126. The number of benzene rings is 1. The molecule has 0 spiro atoms. The Hall–Kier alpha value is -2.54. The fourth-order valence-corrected chi connectivity index (χ4v) is 3.18. The van der Waals surface area contributed by atoms with Gasteiger partial charge in [0.15, 0.2) is 0 Å². The highest BCUT2D eigenvalue weighted by molar-refractivity contribution is 5.76. The Balaban J connectivity index is 1.49. The molecule has 1 fully saturated rings. The molecule has 0 bridgehead atoms. The summed E-state index contributed by atoms with van der Waals surface area (Å²) in [7, 11) is 0. The first-order chi connectivity index (χ1) is 12.5. The summed E-state index contributed by atoms with van der Waals surface area (Å²) >= 11 is 0. The van der Waals surface area contributed by atoms with Crippen LogP contribution in [-0.2, 0) is 11.2 Å². The number of aromatic nitrogens is 2. The van der Waals surface area contributed by atoms with Crippen molar-refractivity contribution in [2.75, 3.05) is 24.5 Å². The second kappa shape index (κ2) is 8.23. The van der Waals surface area contributed by atoms with E-state index in [4.69, 9.17) is 0 Å². The SMILES string of the molecule is O=C(CCc1cccc(F)c1)NC[C@@]1(O)CCCN(c2ncccn2)C1. The van der Waals surface area contributed by atoms with E-state index in [0.29, 0.717) is 25.3 Å². The minimum absolute atomic E-state index is 0.157. The fourth-order valence-electron chi connectivity index (χ4n) is 3.18. The number of β-amino-alcohol motifs (C(OH)–C–C–N with tert-alkyl or cyclic N) is 1. The summed E-state index contributed by atoms with van der Waals surface area (Å²) in [5, 5.41) is 13.6. The van der Waals surface area contributed by atoms with Crippen LogP contribution in [0.2, 0.25) is 0 Å². The number of hydrogen-bond acceptors (Lipinski definition) is 5. The zero-order chi connectivity index (χ0) is 18.4. The molecular formula is C19H23FN4O2. The average molecular weight is 358 g/mol. The molecule has 1 saturated heterocycles. The number of amides is 1. The van der Waals surface area contributed by atoms with Crippen LogP contribution < -0.4 is 10.2 Å². The van der Waals surface area contributed by atoms with E-state index < -0.39 is 5.60 Å². The molecule has 1 atom stereocenters. The van der Waals surface area contributed by atoms with E-state index in [2.05, 4.69) is 15.3 Å². The highest BCUT2D eigenvalue weighted by Gasteiger charge is 2.34. The number of rotatable bonds is 6. The van der Waals surface area contributed by atoms with E-state index in [0.717, 1.165) is 18.5 Å². The van der Waals surface area contributed by atoms with Gasteiger partial charge in [-0.3, -0.25) is 4.79 Å². The number of piperidine rings is 1. The van der Waals surface area contributed by atoms with Gasteiger partial charge in [0.05, 0.1) is 12.1 Å². The Labute approximate surface area is 152 Å². The summed E-state index contributed by atoms with van der Waals surface area (Å²) < 4.78 is 13.2. The van der Waals surface area contributed by atoms with Crippen LogP contribution in [0.5, 0.6) is 0 Å². The van der Waals surface area contributed by atoms with E-state index >= 15 is 0 Å². The average Bonchev–Trinajstić information content (AvgIpc) is 2.66. The molecule has 0 saturated carbocycles. The number of halogens is 1. The predicted molar refractivity (Wildman–Crippen MR) is 96.2 cm³/mol. The molecular weight excluding hydrogens is 335 g/mol. The van der Waals surface area contributed by atoms with Gasteiger partial charge in [0, 0.05) is 31.9 Å². The van der Waals surface area contributed by atoms with Gasteiger partial charge in [-0.2, -0.15) is 0 Å². The predicted octanol–water partition coefficient (Wildman–Crippen LogP) is 1.70. The lowest BCUT2D eigenvalue weighted by atomic mass is 9.93. The highest BCUT2D eigenvalue weighted by Crippen LogP contribution is 2.23. The summed E-state index contributed by atoms with van der Waals surface area (Å²) in [6.07, 6.45) is 5.47. The third kappa shape index (κ3) is 4.98. The summed E-state index contributed by atoms with van der Waals surface area (Å²) in [5.41, 5.74) is -0.227. The number of nitrogens with one attached hydrogen (secondary N) is 1. The summed E-state index contributed by atoms with van der Waals surface area (Å²) in [6, 6.07) is 7.98. The minimum Gasteiger partial charge on any atom is -0.386 e. The number of nitrogens with zero attached hydrogens (tertiary/aromatic N) is 3. The third-order valence-corrected chi connectivity index (χ3v) is 4.53. The van der Waals surface area contributed by atoms with Crippen molar-refractivity contribution in [2.45, 2.75) is 31.3 Å². The van der Waals surface area contributed by atoms with E-state index in [9.17, 15) is 14.3 Å². The monoisotopic (exact) mass is 358 g/mol. The van der Waals surface area contributed by atoms with Gasteiger partial charge in [0.25, 0.3) is 0 Å². The first-order valence-corrected chi connectivity index (χ1v) is 8.80. The number of anilines is 1. The van der Waals surface area contributed by atoms with Gasteiger partial charge < -0.3 is 15.3 Å². The van der Waals surface area contributed by atoms with E-state index in [-0.39, 0.29) is 24.7 Å². The van der Waals surface area contributed by atoms with E-state index in [1.807, 2.05) is 4.90 Å². The van der Waals surface area contributed by atoms with Crippen LogP contribution in [0.1, 0.15) is 24.8 Å². The first kappa shape index (κ1) is 18.3. The van der Waals surface area contributed by atoms with Crippen LogP contribution in [0.25, 0.3) is 0 Å². The molecule has 0 aliphatic carbocycles. The highest BCUT2D eigenvalue weighted by atomic mass is 19.1. The maximum absolute atomic E-state index is 13.2. The molecule has 2 N–H and O–H groups in total. The van der Waals surface area contributed by atoms with Gasteiger partial charge in [-0.15, -0.1) is 0 Å². The molecule has 1 aromatic carbocycles. The van der Waals surface area contributed by atoms with Crippen LogP contribution in [0.15, 0.2) is 42.7 Å². The van der Waals surface area contributed by atoms with Crippen LogP contribution >= 0.6 is 0 Å². The van der Waals surface area contributed by atoms with Crippen LogP contribution in [-0.4, -0.2) is 46.2 Å². The van der Waals surface area contributed by atoms with Crippen molar-refractivity contribution in [1.29, 1.82) is 0 Å². The Kier molecular flexibility index (Phi) is 5.78. The second-order valence-corrected chi connectivity index (χ2v) is 6.70. The first-order valence-electron chi connectivity index (χ1n) is 8.80. The van der Waals surface area contributed by atoms with Crippen molar-refractivity contribution in [2.24, 2.45) is 0 Å². The van der Waals surface area contributed by atoms with E-state index in [1.54, 1.807) is 30.6 Å². The molecule has 1 aliphatic heterocycles. The van der Waals surface area contributed by atoms with Gasteiger partial charge >= 0.3 is 0 Å². The van der Waals surface area contributed by atoms with Gasteiger partial charge in [-0.05, 0) is 43.0 Å². The van der Waals surface area contributed by atoms with E-state index in [1.165, 1.54) is 12.1 Å². The maximum atomic E-state index is 13.2. The zero-order valence-electron chi connectivity index (χ0n) is 14.6. The molecule has 26 heavy (non-hydrogen) atoms. The molecule has 3 rings (SSSR count). The number of carbonyl (C=O) groups excluding carboxylic acids is 1. The normalized spacial score (nSPS) is 20.0. The molecule has 0 unspecified atom stereocenters. The quantitative estimate of drug-likeness (QED) is 0.822. The van der Waals surface area contributed by atoms with Crippen LogP contribution in [0, 0.1) is 5.82 Å². The molecule has 0 radical (unpaired) electrons.